The minimum Gasteiger partial charge on any atom is -0.497 e. The van der Waals surface area contributed by atoms with E-state index >= 15 is 0 Å². The third-order valence-electron chi connectivity index (χ3n) is 5.63. The van der Waals surface area contributed by atoms with Crippen LogP contribution in [0.3, 0.4) is 0 Å². The zero-order chi connectivity index (χ0) is 24.8. The fourth-order valence-corrected chi connectivity index (χ4v) is 4.31. The zero-order valence-corrected chi connectivity index (χ0v) is 20.8. The lowest BCUT2D eigenvalue weighted by Crippen LogP contribution is -2.40. The van der Waals surface area contributed by atoms with Crippen LogP contribution in [0.2, 0.25) is 0 Å². The van der Waals surface area contributed by atoms with Crippen LogP contribution in [-0.2, 0) is 11.3 Å². The van der Waals surface area contributed by atoms with Crippen LogP contribution in [0.1, 0.15) is 27.7 Å². The number of aromatic nitrogens is 2. The number of methoxy groups -OCH3 is 1. The third-order valence-corrected chi connectivity index (χ3v) is 6.51. The van der Waals surface area contributed by atoms with Crippen LogP contribution in [-0.4, -0.2) is 46.7 Å². The van der Waals surface area contributed by atoms with E-state index in [4.69, 9.17) is 9.84 Å². The van der Waals surface area contributed by atoms with Crippen LogP contribution >= 0.6 is 11.3 Å². The maximum atomic E-state index is 13.7. The standard InChI is InChI=1S/C27H28N4O3S/c1-4-30(18-25(32)28-16-23-9-6-14-35-23)27(33)24-17-31(21-12-10-19(2)11-13-21)29-26(24)20-7-5-8-22(15-20)34-3/h5-15,17H,4,16,18H2,1-3H3,(H,28,32). The predicted molar refractivity (Wildman–Crippen MR) is 138 cm³/mol. The summed E-state index contributed by atoms with van der Waals surface area (Å²) in [6.07, 6.45) is 1.73. The highest BCUT2D eigenvalue weighted by atomic mass is 32.1. The highest BCUT2D eigenvalue weighted by Gasteiger charge is 2.24. The smallest absolute Gasteiger partial charge is 0.258 e. The number of amides is 2. The van der Waals surface area contributed by atoms with Crippen LogP contribution < -0.4 is 10.1 Å². The van der Waals surface area contributed by atoms with Gasteiger partial charge in [-0.3, -0.25) is 9.59 Å². The van der Waals surface area contributed by atoms with Gasteiger partial charge in [-0.15, -0.1) is 11.3 Å². The molecule has 1 N–H and O–H groups in total. The average molecular weight is 489 g/mol. The molecule has 0 unspecified atom stereocenters. The minimum atomic E-state index is -0.255. The Morgan fingerprint density at radius 2 is 1.91 bits per heavy atom. The summed E-state index contributed by atoms with van der Waals surface area (Å²) >= 11 is 1.58. The van der Waals surface area contributed by atoms with Crippen LogP contribution in [0.4, 0.5) is 0 Å². The van der Waals surface area contributed by atoms with Gasteiger partial charge in [-0.1, -0.05) is 35.9 Å². The molecule has 2 aromatic heterocycles. The second-order valence-corrected chi connectivity index (χ2v) is 9.11. The maximum Gasteiger partial charge on any atom is 0.258 e. The lowest BCUT2D eigenvalue weighted by molar-refractivity contribution is -0.121. The van der Waals surface area contributed by atoms with Gasteiger partial charge in [0.05, 0.1) is 31.5 Å². The van der Waals surface area contributed by atoms with Gasteiger partial charge in [0.1, 0.15) is 11.4 Å². The molecule has 0 aliphatic heterocycles. The molecule has 4 aromatic rings. The number of carbonyl (C=O) groups excluding carboxylic acids is 2. The molecule has 7 nitrogen and oxygen atoms in total. The summed E-state index contributed by atoms with van der Waals surface area (Å²) in [7, 11) is 1.60. The lowest BCUT2D eigenvalue weighted by Gasteiger charge is -2.20. The van der Waals surface area contributed by atoms with Crippen molar-refractivity contribution >= 4 is 23.2 Å². The molecule has 4 rings (SSSR count). The van der Waals surface area contributed by atoms with Crippen LogP contribution in [0.25, 0.3) is 16.9 Å². The number of nitrogens with one attached hydrogen (secondary N) is 1. The SMILES string of the molecule is CCN(CC(=O)NCc1cccs1)C(=O)c1cn(-c2ccc(C)cc2)nc1-c1cccc(OC)c1. The van der Waals surface area contributed by atoms with E-state index in [0.717, 1.165) is 21.7 Å². The molecule has 0 atom stereocenters. The fourth-order valence-electron chi connectivity index (χ4n) is 3.67. The first-order valence-electron chi connectivity index (χ1n) is 11.4. The van der Waals surface area contributed by atoms with Gasteiger partial charge in [-0.25, -0.2) is 4.68 Å². The summed E-state index contributed by atoms with van der Waals surface area (Å²) in [4.78, 5) is 28.9. The van der Waals surface area contributed by atoms with Gasteiger partial charge in [0.2, 0.25) is 5.91 Å². The Kier molecular flexibility index (Phi) is 7.62. The van der Waals surface area contributed by atoms with Crippen molar-refractivity contribution in [3.05, 3.63) is 88.2 Å². The van der Waals surface area contributed by atoms with Crippen molar-refractivity contribution in [3.8, 4) is 22.7 Å². The Morgan fingerprint density at radius 3 is 2.60 bits per heavy atom. The molecule has 0 saturated carbocycles. The molecule has 2 aromatic carbocycles. The average Bonchev–Trinajstić information content (AvgIpc) is 3.56. The molecule has 180 valence electrons. The Balaban J connectivity index is 1.64. The van der Waals surface area contributed by atoms with Gasteiger partial charge in [0.15, 0.2) is 0 Å². The van der Waals surface area contributed by atoms with Crippen molar-refractivity contribution in [1.82, 2.24) is 20.0 Å². The molecule has 35 heavy (non-hydrogen) atoms. The summed E-state index contributed by atoms with van der Waals surface area (Å²) in [6.45, 7) is 4.68. The minimum absolute atomic E-state index is 0.0338. The van der Waals surface area contributed by atoms with Crippen molar-refractivity contribution in [2.75, 3.05) is 20.2 Å². The van der Waals surface area contributed by atoms with Gasteiger partial charge >= 0.3 is 0 Å². The van der Waals surface area contributed by atoms with Crippen LogP contribution in [0.5, 0.6) is 5.75 Å². The largest absolute Gasteiger partial charge is 0.497 e. The molecule has 0 aliphatic carbocycles. The molecular formula is C27H28N4O3S. The zero-order valence-electron chi connectivity index (χ0n) is 20.0. The van der Waals surface area contributed by atoms with Crippen LogP contribution in [0.15, 0.2) is 72.2 Å². The van der Waals surface area contributed by atoms with E-state index in [2.05, 4.69) is 5.32 Å². The number of likely N-dealkylation sites (N-methyl/N-ethyl adjacent to an activating group) is 1. The molecule has 8 heteroatoms. The maximum absolute atomic E-state index is 13.7. The first kappa shape index (κ1) is 24.2. The van der Waals surface area contributed by atoms with E-state index in [1.807, 2.05) is 79.9 Å². The van der Waals surface area contributed by atoms with E-state index < -0.39 is 0 Å². The molecule has 2 amide bonds. The van der Waals surface area contributed by atoms with Crippen molar-refractivity contribution in [3.63, 3.8) is 0 Å². The topological polar surface area (TPSA) is 76.5 Å². The second-order valence-electron chi connectivity index (χ2n) is 8.08. The van der Waals surface area contributed by atoms with Gasteiger partial charge in [-0.05, 0) is 49.6 Å². The highest BCUT2D eigenvalue weighted by molar-refractivity contribution is 7.09. The highest BCUT2D eigenvalue weighted by Crippen LogP contribution is 2.28. The normalized spacial score (nSPS) is 10.7. The molecule has 2 heterocycles. The van der Waals surface area contributed by atoms with Crippen LogP contribution in [0, 0.1) is 6.92 Å². The van der Waals surface area contributed by atoms with Crippen molar-refractivity contribution in [2.24, 2.45) is 0 Å². The molecular weight excluding hydrogens is 460 g/mol. The van der Waals surface area contributed by atoms with E-state index in [1.54, 1.807) is 29.3 Å². The third kappa shape index (κ3) is 5.78. The number of hydrogen-bond donors (Lipinski definition) is 1. The Morgan fingerprint density at radius 1 is 1.11 bits per heavy atom. The molecule has 0 saturated heterocycles. The number of thiophene rings is 1. The summed E-state index contributed by atoms with van der Waals surface area (Å²) in [6, 6.07) is 19.3. The number of hydrogen-bond acceptors (Lipinski definition) is 5. The van der Waals surface area contributed by atoms with E-state index in [0.29, 0.717) is 30.1 Å². The van der Waals surface area contributed by atoms with Crippen molar-refractivity contribution in [2.45, 2.75) is 20.4 Å². The predicted octanol–water partition coefficient (Wildman–Crippen LogP) is 4.70. The summed E-state index contributed by atoms with van der Waals surface area (Å²) in [5.41, 5.74) is 3.70. The number of ether oxygens (including phenoxy) is 1. The van der Waals surface area contributed by atoms with Gasteiger partial charge in [0, 0.05) is 23.2 Å². The molecule has 0 spiro atoms. The lowest BCUT2D eigenvalue weighted by atomic mass is 10.1. The molecule has 0 radical (unpaired) electrons. The number of carbonyl (C=O) groups is 2. The number of nitrogens with zero attached hydrogens (tertiary/aromatic N) is 3. The monoisotopic (exact) mass is 488 g/mol. The first-order valence-corrected chi connectivity index (χ1v) is 12.3. The summed E-state index contributed by atoms with van der Waals surface area (Å²) < 4.78 is 7.08. The van der Waals surface area contributed by atoms with Crippen molar-refractivity contribution in [1.29, 1.82) is 0 Å². The Hall–Kier alpha value is -3.91. The Labute approximate surface area is 209 Å². The van der Waals surface area contributed by atoms with Gasteiger partial charge < -0.3 is 15.0 Å². The van der Waals surface area contributed by atoms with Crippen molar-refractivity contribution < 1.29 is 14.3 Å². The summed E-state index contributed by atoms with van der Waals surface area (Å²) in [5.74, 6) is 0.212. The molecule has 0 fully saturated rings. The fraction of sp³-hybridized carbons (Fsp3) is 0.222. The molecule has 0 aliphatic rings. The number of aryl methyl sites for hydroxylation is 1. The van der Waals surface area contributed by atoms with E-state index in [-0.39, 0.29) is 18.4 Å². The second kappa shape index (κ2) is 11.0. The van der Waals surface area contributed by atoms with Gasteiger partial charge in [-0.2, -0.15) is 5.10 Å². The van der Waals surface area contributed by atoms with Gasteiger partial charge in [0.25, 0.3) is 5.91 Å². The first-order chi connectivity index (χ1) is 17.0. The number of benzene rings is 2. The van der Waals surface area contributed by atoms with E-state index in [1.165, 1.54) is 4.90 Å². The quantitative estimate of drug-likeness (QED) is 0.371. The van der Waals surface area contributed by atoms with E-state index in [9.17, 15) is 9.59 Å². The molecule has 0 bridgehead atoms. The number of rotatable bonds is 9. The Bertz CT molecular complexity index is 1300. The summed E-state index contributed by atoms with van der Waals surface area (Å²) in [5, 5.41) is 9.62.